The molecule has 3 aromatic carbocycles. The summed E-state index contributed by atoms with van der Waals surface area (Å²) in [4.78, 5) is 16.5. The van der Waals surface area contributed by atoms with Crippen LogP contribution in [0.5, 0.6) is 11.5 Å². The number of carbonyl (C=O) groups excluding carboxylic acids is 1. The van der Waals surface area contributed by atoms with Gasteiger partial charge in [-0.25, -0.2) is 14.2 Å². The lowest BCUT2D eigenvalue weighted by molar-refractivity contribution is -0.129. The minimum Gasteiger partial charge on any atom is -0.490 e. The third kappa shape index (κ3) is 5.07. The fourth-order valence-electron chi connectivity index (χ4n) is 3.31. The summed E-state index contributed by atoms with van der Waals surface area (Å²) < 4.78 is 30.9. The van der Waals surface area contributed by atoms with Gasteiger partial charge in [-0.3, -0.25) is 0 Å². The van der Waals surface area contributed by atoms with Crippen LogP contribution in [0.25, 0.3) is 6.08 Å². The number of ether oxygens (including phenoxy) is 3. The average Bonchev–Trinajstić information content (AvgIpc) is 3.14. The second-order valence-electron chi connectivity index (χ2n) is 7.29. The molecule has 168 valence electrons. The van der Waals surface area contributed by atoms with E-state index in [2.05, 4.69) is 4.99 Å². The lowest BCUT2D eigenvalue weighted by atomic mass is 10.1. The van der Waals surface area contributed by atoms with Crippen molar-refractivity contribution in [3.05, 3.63) is 99.5 Å². The summed E-state index contributed by atoms with van der Waals surface area (Å²) in [5, 5.41) is 0.325. The number of esters is 1. The van der Waals surface area contributed by atoms with Gasteiger partial charge in [0.15, 0.2) is 17.2 Å². The van der Waals surface area contributed by atoms with E-state index in [4.69, 9.17) is 25.8 Å². The van der Waals surface area contributed by atoms with E-state index in [0.29, 0.717) is 35.3 Å². The maximum atomic E-state index is 14.0. The van der Waals surface area contributed by atoms with Crippen molar-refractivity contribution < 1.29 is 23.4 Å². The summed E-state index contributed by atoms with van der Waals surface area (Å²) in [6.45, 7) is 4.59. The highest BCUT2D eigenvalue weighted by Gasteiger charge is 2.26. The molecule has 0 bridgehead atoms. The Morgan fingerprint density at radius 2 is 1.85 bits per heavy atom. The molecule has 0 radical (unpaired) electrons. The van der Waals surface area contributed by atoms with Crippen molar-refractivity contribution >= 4 is 29.5 Å². The van der Waals surface area contributed by atoms with Gasteiger partial charge in [-0.05, 0) is 60.9 Å². The first-order chi connectivity index (χ1) is 16.0. The Balaban J connectivity index is 1.63. The van der Waals surface area contributed by atoms with Gasteiger partial charge >= 0.3 is 5.97 Å². The standard InChI is InChI=1S/C26H21ClFNO4/c1-3-31-23-14-17(12-20(27)24(23)32-15-18-9-5-4-8-16(18)2)13-22-26(30)33-25(29-22)19-10-6-7-11-21(19)28/h4-14H,3,15H2,1-2H3/b22-13-. The molecular weight excluding hydrogens is 445 g/mol. The Hall–Kier alpha value is -3.64. The minimum absolute atomic E-state index is 0.0281. The summed E-state index contributed by atoms with van der Waals surface area (Å²) >= 11 is 6.51. The third-order valence-corrected chi connectivity index (χ3v) is 5.27. The Morgan fingerprint density at radius 3 is 2.61 bits per heavy atom. The molecule has 0 aromatic heterocycles. The van der Waals surface area contributed by atoms with E-state index in [1.165, 1.54) is 18.2 Å². The molecule has 1 aliphatic rings. The van der Waals surface area contributed by atoms with E-state index in [1.807, 2.05) is 38.1 Å². The summed E-state index contributed by atoms with van der Waals surface area (Å²) in [6.07, 6.45) is 1.51. The molecule has 0 spiro atoms. The molecule has 0 fully saturated rings. The summed E-state index contributed by atoms with van der Waals surface area (Å²) in [5.74, 6) is -0.438. The number of nitrogens with zero attached hydrogens (tertiary/aromatic N) is 1. The Bertz CT molecular complexity index is 1270. The van der Waals surface area contributed by atoms with Crippen LogP contribution < -0.4 is 9.47 Å². The Morgan fingerprint density at radius 1 is 1.09 bits per heavy atom. The van der Waals surface area contributed by atoms with Crippen LogP contribution in [0.15, 0.2) is 71.4 Å². The molecule has 5 nitrogen and oxygen atoms in total. The number of carbonyl (C=O) groups is 1. The van der Waals surface area contributed by atoms with Gasteiger partial charge in [0.05, 0.1) is 17.2 Å². The highest BCUT2D eigenvalue weighted by atomic mass is 35.5. The molecule has 0 atom stereocenters. The average molecular weight is 466 g/mol. The van der Waals surface area contributed by atoms with Crippen LogP contribution in [0.1, 0.15) is 29.2 Å². The predicted molar refractivity (Wildman–Crippen MR) is 125 cm³/mol. The summed E-state index contributed by atoms with van der Waals surface area (Å²) in [7, 11) is 0. The van der Waals surface area contributed by atoms with Crippen molar-refractivity contribution in [1.82, 2.24) is 0 Å². The highest BCUT2D eigenvalue weighted by molar-refractivity contribution is 6.32. The van der Waals surface area contributed by atoms with Gasteiger partial charge in [0.25, 0.3) is 0 Å². The molecule has 7 heteroatoms. The zero-order valence-electron chi connectivity index (χ0n) is 18.1. The van der Waals surface area contributed by atoms with Gasteiger partial charge in [-0.2, -0.15) is 0 Å². The first-order valence-corrected chi connectivity index (χ1v) is 10.7. The fourth-order valence-corrected chi connectivity index (χ4v) is 3.59. The number of halogens is 2. The number of aliphatic imine (C=N–C) groups is 1. The minimum atomic E-state index is -0.679. The summed E-state index contributed by atoms with van der Waals surface area (Å²) in [5.41, 5.74) is 2.85. The number of cyclic esters (lactones) is 1. The first-order valence-electron chi connectivity index (χ1n) is 10.4. The van der Waals surface area contributed by atoms with Crippen LogP contribution in [0.2, 0.25) is 5.02 Å². The lowest BCUT2D eigenvalue weighted by Gasteiger charge is -2.15. The van der Waals surface area contributed by atoms with Gasteiger partial charge in [0.1, 0.15) is 12.4 Å². The molecule has 1 heterocycles. The Kier molecular flexibility index (Phi) is 6.75. The lowest BCUT2D eigenvalue weighted by Crippen LogP contribution is -2.07. The molecule has 0 saturated carbocycles. The van der Waals surface area contributed by atoms with Gasteiger partial charge in [0, 0.05) is 0 Å². The molecule has 3 aromatic rings. The van der Waals surface area contributed by atoms with Crippen LogP contribution in [-0.4, -0.2) is 18.5 Å². The topological polar surface area (TPSA) is 57.1 Å². The zero-order valence-corrected chi connectivity index (χ0v) is 18.9. The predicted octanol–water partition coefficient (Wildman–Crippen LogP) is 6.11. The molecule has 0 unspecified atom stereocenters. The van der Waals surface area contributed by atoms with Crippen molar-refractivity contribution in [3.8, 4) is 11.5 Å². The van der Waals surface area contributed by atoms with Crippen molar-refractivity contribution in [3.63, 3.8) is 0 Å². The Labute approximate surface area is 196 Å². The molecule has 1 aliphatic heterocycles. The van der Waals surface area contributed by atoms with Crippen LogP contribution in [0.4, 0.5) is 4.39 Å². The first kappa shape index (κ1) is 22.6. The second kappa shape index (κ2) is 9.88. The second-order valence-corrected chi connectivity index (χ2v) is 7.70. The molecule has 4 rings (SSSR count). The maximum Gasteiger partial charge on any atom is 0.363 e. The maximum absolute atomic E-state index is 14.0. The van der Waals surface area contributed by atoms with E-state index >= 15 is 0 Å². The quantitative estimate of drug-likeness (QED) is 0.312. The van der Waals surface area contributed by atoms with Gasteiger partial charge in [0.2, 0.25) is 5.90 Å². The molecule has 0 N–H and O–H groups in total. The van der Waals surface area contributed by atoms with Gasteiger partial charge < -0.3 is 14.2 Å². The number of aryl methyl sites for hydroxylation is 1. The van der Waals surface area contributed by atoms with Crippen LogP contribution in [-0.2, 0) is 16.1 Å². The largest absolute Gasteiger partial charge is 0.490 e. The normalized spacial score (nSPS) is 14.2. The van der Waals surface area contributed by atoms with Crippen LogP contribution >= 0.6 is 11.6 Å². The number of hydrogen-bond donors (Lipinski definition) is 0. The van der Waals surface area contributed by atoms with E-state index in [0.717, 1.165) is 11.1 Å². The van der Waals surface area contributed by atoms with E-state index < -0.39 is 11.8 Å². The number of benzene rings is 3. The van der Waals surface area contributed by atoms with E-state index in [1.54, 1.807) is 24.3 Å². The van der Waals surface area contributed by atoms with Crippen molar-refractivity contribution in [1.29, 1.82) is 0 Å². The highest BCUT2D eigenvalue weighted by Crippen LogP contribution is 2.38. The van der Waals surface area contributed by atoms with E-state index in [9.17, 15) is 9.18 Å². The molecular formula is C26H21ClFNO4. The molecule has 33 heavy (non-hydrogen) atoms. The molecule has 0 saturated heterocycles. The van der Waals surface area contributed by atoms with Gasteiger partial charge in [-0.15, -0.1) is 0 Å². The van der Waals surface area contributed by atoms with Crippen molar-refractivity contribution in [2.24, 2.45) is 4.99 Å². The van der Waals surface area contributed by atoms with Crippen molar-refractivity contribution in [2.75, 3.05) is 6.61 Å². The van der Waals surface area contributed by atoms with Gasteiger partial charge in [-0.1, -0.05) is 48.0 Å². The monoisotopic (exact) mass is 465 g/mol. The SMILES string of the molecule is CCOc1cc(/C=C2\N=C(c3ccccc3F)OC2=O)cc(Cl)c1OCc1ccccc1C. The molecule has 0 aliphatic carbocycles. The number of rotatable bonds is 7. The van der Waals surface area contributed by atoms with Crippen molar-refractivity contribution in [2.45, 2.75) is 20.5 Å². The smallest absolute Gasteiger partial charge is 0.363 e. The molecule has 0 amide bonds. The van der Waals surface area contributed by atoms with E-state index in [-0.39, 0.29) is 17.2 Å². The summed E-state index contributed by atoms with van der Waals surface area (Å²) in [6, 6.07) is 17.2. The van der Waals surface area contributed by atoms with Crippen LogP contribution in [0, 0.1) is 12.7 Å². The zero-order chi connectivity index (χ0) is 23.4. The fraction of sp³-hybridized carbons (Fsp3) is 0.154. The number of hydrogen-bond acceptors (Lipinski definition) is 5. The van der Waals surface area contributed by atoms with Crippen LogP contribution in [0.3, 0.4) is 0 Å². The third-order valence-electron chi connectivity index (χ3n) is 4.99.